The quantitative estimate of drug-likeness (QED) is 0.574. The first-order valence-corrected chi connectivity index (χ1v) is 8.32. The van der Waals surface area contributed by atoms with Crippen LogP contribution in [0.15, 0.2) is 72.8 Å². The average Bonchev–Trinajstić information content (AvgIpc) is 2.71. The fourth-order valence-corrected chi connectivity index (χ4v) is 2.52. The molecule has 0 atom stereocenters. The van der Waals surface area contributed by atoms with E-state index in [1.54, 1.807) is 19.2 Å². The second-order valence-corrected chi connectivity index (χ2v) is 5.69. The van der Waals surface area contributed by atoms with Crippen molar-refractivity contribution in [3.05, 3.63) is 89.5 Å². The molecule has 0 radical (unpaired) electrons. The predicted octanol–water partition coefficient (Wildman–Crippen LogP) is 4.83. The maximum absolute atomic E-state index is 5.95. The molecular weight excluding hydrogens is 324 g/mol. The van der Waals surface area contributed by atoms with E-state index in [0.717, 1.165) is 11.1 Å². The largest absolute Gasteiger partial charge is 0.496 e. The van der Waals surface area contributed by atoms with Crippen molar-refractivity contribution in [2.45, 2.75) is 13.2 Å². The molecule has 0 aromatic heterocycles. The third-order valence-corrected chi connectivity index (χ3v) is 3.89. The summed E-state index contributed by atoms with van der Waals surface area (Å²) < 4.78 is 17.3. The molecule has 0 saturated heterocycles. The molecule has 0 bridgehead atoms. The van der Waals surface area contributed by atoms with Crippen molar-refractivity contribution >= 4 is 0 Å². The van der Waals surface area contributed by atoms with Gasteiger partial charge in [-0.15, -0.1) is 6.42 Å². The molecule has 0 aliphatic heterocycles. The summed E-state index contributed by atoms with van der Waals surface area (Å²) in [5.41, 5.74) is 2.70. The minimum absolute atomic E-state index is 0.417. The van der Waals surface area contributed by atoms with E-state index < -0.39 is 0 Å². The molecule has 3 aromatic rings. The van der Waals surface area contributed by atoms with Gasteiger partial charge in [0.05, 0.1) is 7.11 Å². The number of hydrogen-bond donors (Lipinski definition) is 0. The van der Waals surface area contributed by atoms with Gasteiger partial charge in [-0.1, -0.05) is 66.6 Å². The highest BCUT2D eigenvalue weighted by atomic mass is 16.5. The zero-order valence-electron chi connectivity index (χ0n) is 14.6. The van der Waals surface area contributed by atoms with E-state index in [4.69, 9.17) is 20.6 Å². The van der Waals surface area contributed by atoms with Crippen molar-refractivity contribution in [3.8, 4) is 29.6 Å². The standard InChI is InChI=1S/C23H20O3/c1-3-21-22(25-16-18-10-6-4-7-11-18)14-20(24-2)15-23(21)26-17-19-12-8-5-9-13-19/h1,4-15H,16-17H2,2H3. The number of ether oxygens (including phenoxy) is 3. The van der Waals surface area contributed by atoms with Crippen LogP contribution in [-0.2, 0) is 13.2 Å². The van der Waals surface area contributed by atoms with Gasteiger partial charge in [-0.2, -0.15) is 0 Å². The summed E-state index contributed by atoms with van der Waals surface area (Å²) in [4.78, 5) is 0. The van der Waals surface area contributed by atoms with Gasteiger partial charge >= 0.3 is 0 Å². The Morgan fingerprint density at radius 1 is 0.769 bits per heavy atom. The average molecular weight is 344 g/mol. The number of methoxy groups -OCH3 is 1. The molecule has 0 aliphatic rings. The van der Waals surface area contributed by atoms with Crippen LogP contribution in [0, 0.1) is 12.3 Å². The van der Waals surface area contributed by atoms with E-state index >= 15 is 0 Å². The van der Waals surface area contributed by atoms with Gasteiger partial charge in [0, 0.05) is 12.1 Å². The molecule has 3 heteroatoms. The van der Waals surface area contributed by atoms with Crippen LogP contribution in [0.2, 0.25) is 0 Å². The van der Waals surface area contributed by atoms with Crippen molar-refractivity contribution < 1.29 is 14.2 Å². The first kappa shape index (κ1) is 17.4. The summed E-state index contributed by atoms with van der Waals surface area (Å²) in [7, 11) is 1.60. The molecule has 0 saturated carbocycles. The third kappa shape index (κ3) is 4.37. The lowest BCUT2D eigenvalue weighted by atomic mass is 10.1. The Bertz CT molecular complexity index is 816. The maximum atomic E-state index is 5.95. The van der Waals surface area contributed by atoms with Crippen LogP contribution in [0.5, 0.6) is 17.2 Å². The van der Waals surface area contributed by atoms with Crippen LogP contribution in [0.25, 0.3) is 0 Å². The second kappa shape index (κ2) is 8.64. The minimum atomic E-state index is 0.417. The number of terminal acetylenes is 1. The second-order valence-electron chi connectivity index (χ2n) is 5.69. The lowest BCUT2D eigenvalue weighted by Crippen LogP contribution is -2.02. The van der Waals surface area contributed by atoms with E-state index in [0.29, 0.717) is 36.0 Å². The minimum Gasteiger partial charge on any atom is -0.496 e. The fraction of sp³-hybridized carbons (Fsp3) is 0.130. The van der Waals surface area contributed by atoms with Crippen molar-refractivity contribution in [1.82, 2.24) is 0 Å². The first-order chi connectivity index (χ1) is 12.8. The van der Waals surface area contributed by atoms with Crippen LogP contribution in [0.4, 0.5) is 0 Å². The highest BCUT2D eigenvalue weighted by Gasteiger charge is 2.13. The van der Waals surface area contributed by atoms with Crippen LogP contribution in [-0.4, -0.2) is 7.11 Å². The zero-order chi connectivity index (χ0) is 18.2. The number of hydrogen-bond acceptors (Lipinski definition) is 3. The molecule has 130 valence electrons. The number of rotatable bonds is 7. The summed E-state index contributed by atoms with van der Waals surface area (Å²) in [6.45, 7) is 0.835. The van der Waals surface area contributed by atoms with Gasteiger partial charge in [-0.3, -0.25) is 0 Å². The third-order valence-electron chi connectivity index (χ3n) is 3.89. The number of benzene rings is 3. The van der Waals surface area contributed by atoms with E-state index in [1.165, 1.54) is 0 Å². The van der Waals surface area contributed by atoms with E-state index in [1.807, 2.05) is 60.7 Å². The lowest BCUT2D eigenvalue weighted by molar-refractivity contribution is 0.284. The lowest BCUT2D eigenvalue weighted by Gasteiger charge is -2.15. The zero-order valence-corrected chi connectivity index (χ0v) is 14.6. The van der Waals surface area contributed by atoms with Gasteiger partial charge in [-0.25, -0.2) is 0 Å². The Morgan fingerprint density at radius 2 is 1.23 bits per heavy atom. The first-order valence-electron chi connectivity index (χ1n) is 8.32. The molecule has 0 N–H and O–H groups in total. The Balaban J connectivity index is 1.83. The Morgan fingerprint density at radius 3 is 1.62 bits per heavy atom. The summed E-state index contributed by atoms with van der Waals surface area (Å²) >= 11 is 0. The van der Waals surface area contributed by atoms with Crippen LogP contribution in [0.3, 0.4) is 0 Å². The molecule has 3 rings (SSSR count). The summed E-state index contributed by atoms with van der Waals surface area (Å²) in [6, 6.07) is 23.4. The normalized spacial score (nSPS) is 10.0. The van der Waals surface area contributed by atoms with Crippen molar-refractivity contribution in [3.63, 3.8) is 0 Å². The Hall–Kier alpha value is -3.38. The molecule has 0 aliphatic carbocycles. The molecule has 3 aromatic carbocycles. The summed E-state index contributed by atoms with van der Waals surface area (Å²) in [5.74, 6) is 4.45. The fourth-order valence-electron chi connectivity index (χ4n) is 2.52. The van der Waals surface area contributed by atoms with Gasteiger partial charge in [0.25, 0.3) is 0 Å². The molecule has 0 spiro atoms. The molecule has 0 unspecified atom stereocenters. The molecule has 26 heavy (non-hydrogen) atoms. The molecule has 0 fully saturated rings. The molecular formula is C23H20O3. The van der Waals surface area contributed by atoms with Crippen LogP contribution in [0.1, 0.15) is 16.7 Å². The van der Waals surface area contributed by atoms with Crippen molar-refractivity contribution in [1.29, 1.82) is 0 Å². The van der Waals surface area contributed by atoms with Gasteiger partial charge in [-0.05, 0) is 11.1 Å². The van der Waals surface area contributed by atoms with E-state index in [-0.39, 0.29) is 0 Å². The van der Waals surface area contributed by atoms with Crippen LogP contribution >= 0.6 is 0 Å². The van der Waals surface area contributed by atoms with Gasteiger partial charge in [0.15, 0.2) is 0 Å². The van der Waals surface area contributed by atoms with Gasteiger partial charge in [0.2, 0.25) is 0 Å². The maximum Gasteiger partial charge on any atom is 0.142 e. The van der Waals surface area contributed by atoms with Gasteiger partial charge in [0.1, 0.15) is 36.0 Å². The topological polar surface area (TPSA) is 27.7 Å². The summed E-state index contributed by atoms with van der Waals surface area (Å²) in [5, 5.41) is 0. The molecule has 0 heterocycles. The highest BCUT2D eigenvalue weighted by molar-refractivity contribution is 5.58. The predicted molar refractivity (Wildman–Crippen MR) is 102 cm³/mol. The Kier molecular flexibility index (Phi) is 5.80. The van der Waals surface area contributed by atoms with Gasteiger partial charge < -0.3 is 14.2 Å². The van der Waals surface area contributed by atoms with Crippen molar-refractivity contribution in [2.75, 3.05) is 7.11 Å². The monoisotopic (exact) mass is 344 g/mol. The SMILES string of the molecule is C#Cc1c(OCc2ccccc2)cc(OC)cc1OCc1ccccc1. The van der Waals surface area contributed by atoms with Crippen molar-refractivity contribution in [2.24, 2.45) is 0 Å². The molecule has 0 amide bonds. The van der Waals surface area contributed by atoms with Crippen LogP contribution < -0.4 is 14.2 Å². The smallest absolute Gasteiger partial charge is 0.142 e. The Labute approximate surface area is 154 Å². The summed E-state index contributed by atoms with van der Waals surface area (Å²) in [6.07, 6.45) is 5.73. The highest BCUT2D eigenvalue weighted by Crippen LogP contribution is 2.34. The molecule has 3 nitrogen and oxygen atoms in total. The van der Waals surface area contributed by atoms with E-state index in [2.05, 4.69) is 5.92 Å². The van der Waals surface area contributed by atoms with E-state index in [9.17, 15) is 0 Å².